The molecule has 0 aliphatic rings. The third-order valence-corrected chi connectivity index (χ3v) is 5.37. The standard InChI is InChI=1S/C13H26F3NO2S2/c1-5-6-7-8-11(20-13(14,15)16)9-10-21(18,19)17-12(2,3)4/h11,17H,5-10H2,1-4H3. The van der Waals surface area contributed by atoms with Crippen LogP contribution in [0.2, 0.25) is 0 Å². The molecular formula is C13H26F3NO2S2. The maximum absolute atomic E-state index is 12.5. The summed E-state index contributed by atoms with van der Waals surface area (Å²) in [6, 6.07) is 0. The molecule has 0 aromatic heterocycles. The Morgan fingerprint density at radius 1 is 1.10 bits per heavy atom. The second-order valence-electron chi connectivity index (χ2n) is 6.14. The fourth-order valence-electron chi connectivity index (χ4n) is 1.88. The van der Waals surface area contributed by atoms with Crippen LogP contribution in [-0.4, -0.2) is 30.5 Å². The van der Waals surface area contributed by atoms with Crippen LogP contribution in [0.5, 0.6) is 0 Å². The van der Waals surface area contributed by atoms with Gasteiger partial charge in [-0.05, 0) is 45.4 Å². The third-order valence-electron chi connectivity index (χ3n) is 2.60. The van der Waals surface area contributed by atoms with Gasteiger partial charge in [0.1, 0.15) is 0 Å². The first-order valence-corrected chi connectivity index (χ1v) is 9.64. The highest BCUT2D eigenvalue weighted by molar-refractivity contribution is 8.00. The van der Waals surface area contributed by atoms with E-state index in [-0.39, 0.29) is 23.9 Å². The molecule has 1 unspecified atom stereocenters. The topological polar surface area (TPSA) is 46.2 Å². The Labute approximate surface area is 130 Å². The number of alkyl halides is 3. The zero-order valence-corrected chi connectivity index (χ0v) is 14.7. The van der Waals surface area contributed by atoms with Gasteiger partial charge in [-0.2, -0.15) is 13.2 Å². The minimum absolute atomic E-state index is 0.0132. The molecule has 21 heavy (non-hydrogen) atoms. The van der Waals surface area contributed by atoms with E-state index in [1.54, 1.807) is 20.8 Å². The van der Waals surface area contributed by atoms with Crippen LogP contribution in [0.15, 0.2) is 0 Å². The SMILES string of the molecule is CCCCCC(CCS(=O)(=O)NC(C)(C)C)SC(F)(F)F. The molecule has 8 heteroatoms. The summed E-state index contributed by atoms with van der Waals surface area (Å²) in [5, 5.41) is -0.701. The molecule has 0 bridgehead atoms. The molecule has 0 saturated carbocycles. The Morgan fingerprint density at radius 2 is 1.67 bits per heavy atom. The molecule has 0 aliphatic carbocycles. The Hall–Kier alpha value is 0.0500. The molecule has 1 atom stereocenters. The van der Waals surface area contributed by atoms with Gasteiger partial charge in [0.25, 0.3) is 0 Å². The smallest absolute Gasteiger partial charge is 0.212 e. The zero-order valence-electron chi connectivity index (χ0n) is 13.1. The lowest BCUT2D eigenvalue weighted by molar-refractivity contribution is -0.0334. The van der Waals surface area contributed by atoms with Crippen LogP contribution < -0.4 is 4.72 Å². The summed E-state index contributed by atoms with van der Waals surface area (Å²) < 4.78 is 63.7. The molecule has 0 aliphatic heterocycles. The molecule has 128 valence electrons. The molecule has 0 rings (SSSR count). The van der Waals surface area contributed by atoms with Gasteiger partial charge in [-0.25, -0.2) is 13.1 Å². The van der Waals surface area contributed by atoms with Gasteiger partial charge >= 0.3 is 5.51 Å². The van der Waals surface area contributed by atoms with E-state index in [1.165, 1.54) is 0 Å². The lowest BCUT2D eigenvalue weighted by Gasteiger charge is -2.22. The summed E-state index contributed by atoms with van der Waals surface area (Å²) in [5.41, 5.74) is -4.94. The van der Waals surface area contributed by atoms with Crippen molar-refractivity contribution in [3.05, 3.63) is 0 Å². The van der Waals surface area contributed by atoms with Crippen LogP contribution in [0.4, 0.5) is 13.2 Å². The monoisotopic (exact) mass is 349 g/mol. The third kappa shape index (κ3) is 13.4. The predicted molar refractivity (Wildman–Crippen MR) is 82.9 cm³/mol. The average Bonchev–Trinajstić information content (AvgIpc) is 2.21. The molecule has 0 spiro atoms. The van der Waals surface area contributed by atoms with Crippen LogP contribution in [0, 0.1) is 0 Å². The van der Waals surface area contributed by atoms with Gasteiger partial charge in [-0.1, -0.05) is 26.2 Å². The van der Waals surface area contributed by atoms with Crippen LogP contribution in [0.3, 0.4) is 0 Å². The molecule has 0 saturated heterocycles. The first kappa shape index (κ1) is 21.0. The number of thioether (sulfide) groups is 1. The van der Waals surface area contributed by atoms with Crippen LogP contribution in [0.25, 0.3) is 0 Å². The van der Waals surface area contributed by atoms with E-state index in [9.17, 15) is 21.6 Å². The minimum Gasteiger partial charge on any atom is -0.212 e. The Morgan fingerprint density at radius 3 is 2.10 bits per heavy atom. The van der Waals surface area contributed by atoms with Crippen LogP contribution in [0.1, 0.15) is 59.8 Å². The van der Waals surface area contributed by atoms with E-state index in [4.69, 9.17) is 0 Å². The Balaban J connectivity index is 4.52. The van der Waals surface area contributed by atoms with Crippen LogP contribution >= 0.6 is 11.8 Å². The average molecular weight is 349 g/mol. The molecule has 0 aromatic carbocycles. The number of hydrogen-bond donors (Lipinski definition) is 1. The molecule has 1 N–H and O–H groups in total. The van der Waals surface area contributed by atoms with E-state index in [0.717, 1.165) is 12.8 Å². The summed E-state index contributed by atoms with van der Waals surface area (Å²) >= 11 is -0.0813. The summed E-state index contributed by atoms with van der Waals surface area (Å²) in [7, 11) is -3.55. The van der Waals surface area contributed by atoms with Gasteiger partial charge in [0.05, 0.1) is 5.75 Å². The number of hydrogen-bond acceptors (Lipinski definition) is 3. The number of unbranched alkanes of at least 4 members (excludes halogenated alkanes) is 2. The largest absolute Gasteiger partial charge is 0.442 e. The van der Waals surface area contributed by atoms with Gasteiger partial charge in [-0.15, -0.1) is 0 Å². The Kier molecular flexibility index (Phi) is 8.64. The van der Waals surface area contributed by atoms with Crippen molar-refractivity contribution in [1.82, 2.24) is 4.72 Å². The number of sulfonamides is 1. The van der Waals surface area contributed by atoms with Crippen molar-refractivity contribution in [3.63, 3.8) is 0 Å². The van der Waals surface area contributed by atoms with Crippen molar-refractivity contribution in [1.29, 1.82) is 0 Å². The van der Waals surface area contributed by atoms with Crippen molar-refractivity contribution < 1.29 is 21.6 Å². The Bertz CT molecular complexity index is 389. The highest BCUT2D eigenvalue weighted by atomic mass is 32.2. The van der Waals surface area contributed by atoms with E-state index >= 15 is 0 Å². The second-order valence-corrected chi connectivity index (χ2v) is 9.35. The van der Waals surface area contributed by atoms with E-state index in [0.29, 0.717) is 12.8 Å². The zero-order chi connectivity index (χ0) is 16.7. The van der Waals surface area contributed by atoms with Gasteiger partial charge in [0.2, 0.25) is 10.0 Å². The van der Waals surface area contributed by atoms with Crippen molar-refractivity contribution >= 4 is 21.8 Å². The minimum atomic E-state index is -4.32. The number of halogens is 3. The van der Waals surface area contributed by atoms with Gasteiger partial charge in [-0.3, -0.25) is 0 Å². The fourth-order valence-corrected chi connectivity index (χ4v) is 4.55. The molecule has 0 amide bonds. The summed E-state index contributed by atoms with van der Waals surface area (Å²) in [6.45, 7) is 7.08. The molecular weight excluding hydrogens is 323 g/mol. The van der Waals surface area contributed by atoms with Crippen molar-refractivity contribution in [3.8, 4) is 0 Å². The molecule has 0 heterocycles. The van der Waals surface area contributed by atoms with Crippen LogP contribution in [-0.2, 0) is 10.0 Å². The van der Waals surface area contributed by atoms with E-state index in [2.05, 4.69) is 4.72 Å². The van der Waals surface area contributed by atoms with E-state index < -0.39 is 26.3 Å². The van der Waals surface area contributed by atoms with E-state index in [1.807, 2.05) is 6.92 Å². The van der Waals surface area contributed by atoms with Gasteiger partial charge < -0.3 is 0 Å². The maximum Gasteiger partial charge on any atom is 0.442 e. The first-order chi connectivity index (χ1) is 9.35. The van der Waals surface area contributed by atoms with Gasteiger partial charge in [0, 0.05) is 10.8 Å². The highest BCUT2D eigenvalue weighted by Gasteiger charge is 2.33. The summed E-state index contributed by atoms with van der Waals surface area (Å²) in [4.78, 5) is 0. The van der Waals surface area contributed by atoms with Crippen molar-refractivity contribution in [2.45, 2.75) is 76.1 Å². The first-order valence-electron chi connectivity index (χ1n) is 7.11. The molecule has 3 nitrogen and oxygen atoms in total. The quantitative estimate of drug-likeness (QED) is 0.632. The summed E-state index contributed by atoms with van der Waals surface area (Å²) in [6.07, 6.45) is 2.88. The highest BCUT2D eigenvalue weighted by Crippen LogP contribution is 2.37. The fraction of sp³-hybridized carbons (Fsp3) is 1.00. The second kappa shape index (κ2) is 8.62. The molecule has 0 radical (unpaired) electrons. The van der Waals surface area contributed by atoms with Gasteiger partial charge in [0.15, 0.2) is 0 Å². The van der Waals surface area contributed by atoms with Crippen molar-refractivity contribution in [2.24, 2.45) is 0 Å². The van der Waals surface area contributed by atoms with Crippen molar-refractivity contribution in [2.75, 3.05) is 5.75 Å². The predicted octanol–water partition coefficient (Wildman–Crippen LogP) is 4.30. The maximum atomic E-state index is 12.5. The number of nitrogens with one attached hydrogen (secondary N) is 1. The molecule has 0 fully saturated rings. The molecule has 0 aromatic rings. The summed E-state index contributed by atoms with van der Waals surface area (Å²) in [5.74, 6) is -0.274. The lowest BCUT2D eigenvalue weighted by Crippen LogP contribution is -2.42. The number of rotatable bonds is 9. The normalized spacial score (nSPS) is 15.2. The lowest BCUT2D eigenvalue weighted by atomic mass is 10.1.